The van der Waals surface area contributed by atoms with Crippen molar-refractivity contribution in [1.29, 1.82) is 0 Å². The number of hydrogen-bond acceptors (Lipinski definition) is 7. The number of sulfonamides is 1. The van der Waals surface area contributed by atoms with Crippen molar-refractivity contribution in [3.05, 3.63) is 63.7 Å². The number of alkyl halides is 3. The van der Waals surface area contributed by atoms with E-state index in [-0.39, 0.29) is 16.5 Å². The van der Waals surface area contributed by atoms with Crippen molar-refractivity contribution in [3.63, 3.8) is 0 Å². The number of nitrogens with one attached hydrogen (secondary N) is 1. The van der Waals surface area contributed by atoms with Gasteiger partial charge in [-0.2, -0.15) is 13.2 Å². The van der Waals surface area contributed by atoms with Crippen LogP contribution in [-0.2, 0) is 25.7 Å². The van der Waals surface area contributed by atoms with E-state index in [4.69, 9.17) is 9.88 Å². The first-order valence-corrected chi connectivity index (χ1v) is 9.75. The van der Waals surface area contributed by atoms with Gasteiger partial charge in [0.2, 0.25) is 10.0 Å². The highest BCUT2D eigenvalue weighted by Gasteiger charge is 2.36. The van der Waals surface area contributed by atoms with E-state index < -0.39 is 56.0 Å². The molecule has 1 unspecified atom stereocenters. The van der Waals surface area contributed by atoms with Crippen LogP contribution >= 0.6 is 0 Å². The van der Waals surface area contributed by atoms with Gasteiger partial charge in [-0.3, -0.25) is 14.9 Å². The molecular weight excluding hydrogens is 447 g/mol. The third kappa shape index (κ3) is 5.99. The Labute approximate surface area is 173 Å². The Morgan fingerprint density at radius 2 is 1.74 bits per heavy atom. The number of nitrogens with zero attached hydrogens (tertiary/aromatic N) is 1. The Morgan fingerprint density at radius 1 is 1.16 bits per heavy atom. The van der Waals surface area contributed by atoms with Crippen LogP contribution < -0.4 is 10.5 Å². The molecule has 0 saturated heterocycles. The number of carbonyl (C=O) groups excluding carboxylic acids is 2. The summed E-state index contributed by atoms with van der Waals surface area (Å²) in [5.41, 5.74) is -3.18. The molecule has 2 aromatic rings. The first-order chi connectivity index (χ1) is 14.2. The predicted molar refractivity (Wildman–Crippen MR) is 99.4 cm³/mol. The van der Waals surface area contributed by atoms with Crippen molar-refractivity contribution in [2.24, 2.45) is 5.14 Å². The van der Waals surface area contributed by atoms with Gasteiger partial charge in [0.15, 0.2) is 6.10 Å². The third-order valence-corrected chi connectivity index (χ3v) is 4.78. The fourth-order valence-corrected chi connectivity index (χ4v) is 2.80. The van der Waals surface area contributed by atoms with E-state index in [2.05, 4.69) is 0 Å². The van der Waals surface area contributed by atoms with Gasteiger partial charge >= 0.3 is 12.1 Å². The maximum Gasteiger partial charge on any atom is 0.418 e. The number of anilines is 1. The van der Waals surface area contributed by atoms with Crippen molar-refractivity contribution >= 4 is 33.3 Å². The van der Waals surface area contributed by atoms with Crippen LogP contribution in [0.5, 0.6) is 0 Å². The number of hydrogen-bond donors (Lipinski definition) is 2. The van der Waals surface area contributed by atoms with Gasteiger partial charge in [0, 0.05) is 12.1 Å². The van der Waals surface area contributed by atoms with E-state index in [1.54, 1.807) is 0 Å². The molecule has 0 aliphatic carbocycles. The molecular formula is C17H14F3N3O7S. The first kappa shape index (κ1) is 23.8. The molecule has 0 bridgehead atoms. The normalized spacial score (nSPS) is 12.7. The second-order valence-electron chi connectivity index (χ2n) is 6.09. The summed E-state index contributed by atoms with van der Waals surface area (Å²) in [6.45, 7) is 1.09. The Morgan fingerprint density at radius 3 is 2.23 bits per heavy atom. The minimum absolute atomic E-state index is 0.140. The Kier molecular flexibility index (Phi) is 6.66. The van der Waals surface area contributed by atoms with Crippen LogP contribution in [0.2, 0.25) is 0 Å². The lowest BCUT2D eigenvalue weighted by molar-refractivity contribution is -0.385. The second kappa shape index (κ2) is 8.69. The number of nitro benzene ring substituents is 1. The Balaban J connectivity index is 2.15. The molecule has 1 atom stereocenters. The zero-order chi connectivity index (χ0) is 23.6. The minimum Gasteiger partial charge on any atom is -0.449 e. The highest BCUT2D eigenvalue weighted by molar-refractivity contribution is 7.89. The molecule has 0 aromatic heterocycles. The molecule has 0 aliphatic rings. The van der Waals surface area contributed by atoms with Gasteiger partial charge in [-0.25, -0.2) is 18.4 Å². The molecule has 14 heteroatoms. The minimum atomic E-state index is -5.00. The van der Waals surface area contributed by atoms with Crippen LogP contribution in [-0.4, -0.2) is 31.3 Å². The first-order valence-electron chi connectivity index (χ1n) is 8.20. The largest absolute Gasteiger partial charge is 0.449 e. The molecule has 0 radical (unpaired) electrons. The zero-order valence-corrected chi connectivity index (χ0v) is 16.4. The lowest BCUT2D eigenvalue weighted by atomic mass is 10.1. The number of primary sulfonamides is 1. The number of nitro groups is 1. The number of halogens is 3. The lowest BCUT2D eigenvalue weighted by Gasteiger charge is -2.17. The summed E-state index contributed by atoms with van der Waals surface area (Å²) in [6, 6.07) is 5.95. The Hall–Kier alpha value is -3.52. The number of non-ortho nitro benzene ring substituents is 1. The van der Waals surface area contributed by atoms with Crippen LogP contribution in [0.15, 0.2) is 47.4 Å². The molecule has 2 rings (SSSR count). The molecule has 0 spiro atoms. The van der Waals surface area contributed by atoms with Crippen LogP contribution in [0.4, 0.5) is 24.5 Å². The number of esters is 1. The molecule has 10 nitrogen and oxygen atoms in total. The van der Waals surface area contributed by atoms with Gasteiger partial charge in [0.1, 0.15) is 0 Å². The predicted octanol–water partition coefficient (Wildman–Crippen LogP) is 2.45. The molecule has 0 saturated carbocycles. The van der Waals surface area contributed by atoms with E-state index in [9.17, 15) is 41.3 Å². The number of benzene rings is 2. The average molecular weight is 461 g/mol. The Bertz CT molecular complexity index is 1130. The van der Waals surface area contributed by atoms with Gasteiger partial charge in [-0.15, -0.1) is 0 Å². The van der Waals surface area contributed by atoms with Crippen molar-refractivity contribution in [3.8, 4) is 0 Å². The molecule has 0 heterocycles. The topological polar surface area (TPSA) is 159 Å². The van der Waals surface area contributed by atoms with E-state index in [0.717, 1.165) is 37.3 Å². The quantitative estimate of drug-likeness (QED) is 0.380. The molecule has 2 aromatic carbocycles. The third-order valence-electron chi connectivity index (χ3n) is 3.85. The molecule has 0 aliphatic heterocycles. The average Bonchev–Trinajstić information content (AvgIpc) is 2.66. The monoisotopic (exact) mass is 461 g/mol. The van der Waals surface area contributed by atoms with Crippen LogP contribution in [0.3, 0.4) is 0 Å². The summed E-state index contributed by atoms with van der Waals surface area (Å²) in [4.78, 5) is 33.7. The van der Waals surface area contributed by atoms with E-state index >= 15 is 0 Å². The number of nitrogens with two attached hydrogens (primary N) is 1. The van der Waals surface area contributed by atoms with E-state index in [1.807, 2.05) is 5.32 Å². The van der Waals surface area contributed by atoms with Crippen LogP contribution in [0, 0.1) is 10.1 Å². The molecule has 1 amide bonds. The SMILES string of the molecule is CC(OC(=O)c1ccc(S(N)(=O)=O)cc1)C(=O)Nc1ccc([N+](=O)[O-])cc1C(F)(F)F. The highest BCUT2D eigenvalue weighted by atomic mass is 32.2. The van der Waals surface area contributed by atoms with Gasteiger partial charge in [-0.05, 0) is 37.3 Å². The number of rotatable bonds is 6. The number of amides is 1. The van der Waals surface area contributed by atoms with Crippen LogP contribution in [0.25, 0.3) is 0 Å². The zero-order valence-electron chi connectivity index (χ0n) is 15.5. The van der Waals surface area contributed by atoms with Crippen molar-refractivity contribution < 1.29 is 40.8 Å². The summed E-state index contributed by atoms with van der Waals surface area (Å²) in [5, 5.41) is 17.6. The van der Waals surface area contributed by atoms with Crippen molar-refractivity contribution in [2.75, 3.05) is 5.32 Å². The number of carbonyl (C=O) groups is 2. The van der Waals surface area contributed by atoms with Gasteiger partial charge < -0.3 is 10.1 Å². The van der Waals surface area contributed by atoms with E-state index in [0.29, 0.717) is 6.07 Å². The smallest absolute Gasteiger partial charge is 0.418 e. The fourth-order valence-electron chi connectivity index (χ4n) is 2.29. The maximum absolute atomic E-state index is 13.2. The maximum atomic E-state index is 13.2. The lowest BCUT2D eigenvalue weighted by Crippen LogP contribution is -2.30. The standard InChI is InChI=1S/C17H14F3N3O7S/c1-9(30-16(25)10-2-5-12(6-3-10)31(21,28)29)15(24)22-14-7-4-11(23(26)27)8-13(14)17(18,19)20/h2-9H,1H3,(H,22,24)(H2,21,28,29). The highest BCUT2D eigenvalue weighted by Crippen LogP contribution is 2.37. The van der Waals surface area contributed by atoms with Crippen LogP contribution in [0.1, 0.15) is 22.8 Å². The van der Waals surface area contributed by atoms with Gasteiger partial charge in [-0.1, -0.05) is 0 Å². The van der Waals surface area contributed by atoms with Gasteiger partial charge in [0.25, 0.3) is 11.6 Å². The van der Waals surface area contributed by atoms with E-state index in [1.165, 1.54) is 0 Å². The molecule has 3 N–H and O–H groups in total. The van der Waals surface area contributed by atoms with Crippen molar-refractivity contribution in [2.45, 2.75) is 24.1 Å². The number of ether oxygens (including phenoxy) is 1. The molecule has 31 heavy (non-hydrogen) atoms. The fraction of sp³-hybridized carbons (Fsp3) is 0.176. The second-order valence-corrected chi connectivity index (χ2v) is 7.65. The summed E-state index contributed by atoms with van der Waals surface area (Å²) >= 11 is 0. The summed E-state index contributed by atoms with van der Waals surface area (Å²) in [6.07, 6.45) is -6.55. The summed E-state index contributed by atoms with van der Waals surface area (Å²) in [5.74, 6) is -2.18. The summed E-state index contributed by atoms with van der Waals surface area (Å²) < 4.78 is 66.8. The van der Waals surface area contributed by atoms with Crippen molar-refractivity contribution in [1.82, 2.24) is 0 Å². The summed E-state index contributed by atoms with van der Waals surface area (Å²) in [7, 11) is -3.99. The molecule has 166 valence electrons. The molecule has 0 fully saturated rings. The van der Waals surface area contributed by atoms with Gasteiger partial charge in [0.05, 0.1) is 26.6 Å².